The zero-order valence-corrected chi connectivity index (χ0v) is 12.5. The monoisotopic (exact) mass is 268 g/mol. The second kappa shape index (κ2) is 5.41. The summed E-state index contributed by atoms with van der Waals surface area (Å²) in [5.74, 6) is -0.339. The number of nitrogens with zero attached hydrogens (tertiary/aromatic N) is 1. The molecular weight excluding hydrogens is 240 g/mol. The van der Waals surface area contributed by atoms with Crippen LogP contribution in [0.1, 0.15) is 46.5 Å². The van der Waals surface area contributed by atoms with E-state index in [-0.39, 0.29) is 0 Å². The van der Waals surface area contributed by atoms with Gasteiger partial charge in [0.05, 0.1) is 0 Å². The van der Waals surface area contributed by atoms with Crippen LogP contribution in [0.4, 0.5) is 0 Å². The fourth-order valence-electron chi connectivity index (χ4n) is 3.28. The zero-order chi connectivity index (χ0) is 14.1. The van der Waals surface area contributed by atoms with E-state index in [2.05, 4.69) is 31.0 Å². The number of carbonyl (C=O) groups is 1. The summed E-state index contributed by atoms with van der Waals surface area (Å²) < 4.78 is 0. The van der Waals surface area contributed by atoms with Gasteiger partial charge >= 0.3 is 5.97 Å². The number of rotatable bonds is 7. The molecule has 4 nitrogen and oxygen atoms in total. The van der Waals surface area contributed by atoms with Crippen molar-refractivity contribution in [3.8, 4) is 0 Å². The van der Waals surface area contributed by atoms with Crippen molar-refractivity contribution in [3.63, 3.8) is 0 Å². The fourth-order valence-corrected chi connectivity index (χ4v) is 3.28. The second-order valence-electron chi connectivity index (χ2n) is 7.10. The van der Waals surface area contributed by atoms with E-state index < -0.39 is 11.5 Å². The van der Waals surface area contributed by atoms with Crippen LogP contribution in [0.2, 0.25) is 0 Å². The first-order valence-electron chi connectivity index (χ1n) is 7.60. The van der Waals surface area contributed by atoms with Crippen LogP contribution >= 0.6 is 0 Å². The van der Waals surface area contributed by atoms with Crippen molar-refractivity contribution >= 4 is 5.97 Å². The van der Waals surface area contributed by atoms with Gasteiger partial charge in [0.25, 0.3) is 0 Å². The number of nitrogens with one attached hydrogen (secondary N) is 1. The molecule has 2 aliphatic rings. The van der Waals surface area contributed by atoms with Crippen molar-refractivity contribution in [2.24, 2.45) is 11.3 Å². The van der Waals surface area contributed by atoms with E-state index in [1.807, 2.05) is 0 Å². The summed E-state index contributed by atoms with van der Waals surface area (Å²) >= 11 is 0. The fraction of sp³-hybridized carbons (Fsp3) is 0.933. The molecule has 110 valence electrons. The molecule has 2 rings (SSSR count). The molecule has 1 saturated carbocycles. The predicted molar refractivity (Wildman–Crippen MR) is 76.2 cm³/mol. The lowest BCUT2D eigenvalue weighted by Crippen LogP contribution is -2.60. The van der Waals surface area contributed by atoms with Crippen LogP contribution in [0.25, 0.3) is 0 Å². The Balaban J connectivity index is 2.06. The molecule has 0 spiro atoms. The van der Waals surface area contributed by atoms with Gasteiger partial charge in [-0.2, -0.15) is 0 Å². The molecule has 19 heavy (non-hydrogen) atoms. The Morgan fingerprint density at radius 2 is 2.16 bits per heavy atom. The first-order chi connectivity index (χ1) is 8.89. The lowest BCUT2D eigenvalue weighted by atomic mass is 9.91. The van der Waals surface area contributed by atoms with Gasteiger partial charge in [-0.25, -0.2) is 0 Å². The average Bonchev–Trinajstić information content (AvgIpc) is 3.10. The SMILES string of the molecule is CCCNC(CN1CCC(C)(C)C1)(C(=O)O)C1CC1. The molecule has 2 fully saturated rings. The van der Waals surface area contributed by atoms with E-state index in [4.69, 9.17) is 0 Å². The van der Waals surface area contributed by atoms with Gasteiger partial charge in [-0.05, 0) is 50.1 Å². The highest BCUT2D eigenvalue weighted by Gasteiger charge is 2.52. The minimum absolute atomic E-state index is 0.320. The second-order valence-corrected chi connectivity index (χ2v) is 7.10. The van der Waals surface area contributed by atoms with Crippen molar-refractivity contribution in [3.05, 3.63) is 0 Å². The maximum atomic E-state index is 11.9. The third kappa shape index (κ3) is 3.29. The van der Waals surface area contributed by atoms with Gasteiger partial charge in [0.2, 0.25) is 0 Å². The summed E-state index contributed by atoms with van der Waals surface area (Å²) in [7, 11) is 0. The quantitative estimate of drug-likeness (QED) is 0.741. The molecule has 0 aromatic carbocycles. The summed E-state index contributed by atoms with van der Waals surface area (Å²) in [6, 6.07) is 0. The third-order valence-corrected chi connectivity index (χ3v) is 4.58. The molecular formula is C15H28N2O2. The molecule has 2 N–H and O–H groups in total. The zero-order valence-electron chi connectivity index (χ0n) is 12.5. The number of carboxylic acids is 1. The molecule has 1 aliphatic carbocycles. The van der Waals surface area contributed by atoms with E-state index in [9.17, 15) is 9.90 Å². The normalized spacial score (nSPS) is 26.3. The highest BCUT2D eigenvalue weighted by molar-refractivity contribution is 5.80. The van der Waals surface area contributed by atoms with Crippen LogP contribution in [-0.2, 0) is 4.79 Å². The van der Waals surface area contributed by atoms with E-state index in [0.717, 1.165) is 38.9 Å². The smallest absolute Gasteiger partial charge is 0.325 e. The summed E-state index contributed by atoms with van der Waals surface area (Å²) in [6.07, 6.45) is 4.26. The van der Waals surface area contributed by atoms with Crippen molar-refractivity contribution in [1.29, 1.82) is 0 Å². The highest BCUT2D eigenvalue weighted by atomic mass is 16.4. The number of carboxylic acid groups (broad SMARTS) is 1. The van der Waals surface area contributed by atoms with Crippen LogP contribution in [0.15, 0.2) is 0 Å². The van der Waals surface area contributed by atoms with Gasteiger partial charge in [-0.15, -0.1) is 0 Å². The molecule has 1 heterocycles. The standard InChI is InChI=1S/C15H28N2O2/c1-4-8-16-15(13(18)19,12-5-6-12)11-17-9-7-14(2,3)10-17/h12,16H,4-11H2,1-3H3,(H,18,19). The maximum absolute atomic E-state index is 11.9. The van der Waals surface area contributed by atoms with Crippen molar-refractivity contribution < 1.29 is 9.90 Å². The molecule has 0 bridgehead atoms. The third-order valence-electron chi connectivity index (χ3n) is 4.58. The Hall–Kier alpha value is -0.610. The molecule has 1 atom stereocenters. The number of likely N-dealkylation sites (tertiary alicyclic amines) is 1. The van der Waals surface area contributed by atoms with E-state index >= 15 is 0 Å². The Labute approximate surface area is 116 Å². The summed E-state index contributed by atoms with van der Waals surface area (Å²) in [6.45, 7) is 10.1. The van der Waals surface area contributed by atoms with E-state index in [0.29, 0.717) is 17.9 Å². The largest absolute Gasteiger partial charge is 0.480 e. The van der Waals surface area contributed by atoms with E-state index in [1.165, 1.54) is 6.42 Å². The van der Waals surface area contributed by atoms with Crippen molar-refractivity contribution in [2.75, 3.05) is 26.2 Å². The van der Waals surface area contributed by atoms with Gasteiger partial charge < -0.3 is 15.3 Å². The molecule has 1 unspecified atom stereocenters. The summed E-state index contributed by atoms with van der Waals surface area (Å²) in [4.78, 5) is 14.2. The van der Waals surface area contributed by atoms with Crippen molar-refractivity contribution in [2.45, 2.75) is 52.0 Å². The highest BCUT2D eigenvalue weighted by Crippen LogP contribution is 2.41. The molecule has 0 aromatic heterocycles. The van der Waals surface area contributed by atoms with Crippen LogP contribution in [0.5, 0.6) is 0 Å². The van der Waals surface area contributed by atoms with Gasteiger partial charge in [-0.3, -0.25) is 4.79 Å². The Morgan fingerprint density at radius 1 is 1.47 bits per heavy atom. The summed E-state index contributed by atoms with van der Waals surface area (Å²) in [5, 5.41) is 13.1. The lowest BCUT2D eigenvalue weighted by molar-refractivity contribution is -0.147. The van der Waals surface area contributed by atoms with Crippen molar-refractivity contribution in [1.82, 2.24) is 10.2 Å². The van der Waals surface area contributed by atoms with Gasteiger partial charge in [0.1, 0.15) is 5.54 Å². The minimum atomic E-state index is -0.712. The first-order valence-corrected chi connectivity index (χ1v) is 7.60. The van der Waals surface area contributed by atoms with Crippen LogP contribution in [-0.4, -0.2) is 47.7 Å². The topological polar surface area (TPSA) is 52.6 Å². The Kier molecular flexibility index (Phi) is 4.21. The molecule has 4 heteroatoms. The van der Waals surface area contributed by atoms with Crippen LogP contribution < -0.4 is 5.32 Å². The number of hydrogen-bond acceptors (Lipinski definition) is 3. The first kappa shape index (κ1) is 14.8. The molecule has 1 saturated heterocycles. The molecule has 0 amide bonds. The number of hydrogen-bond donors (Lipinski definition) is 2. The minimum Gasteiger partial charge on any atom is -0.480 e. The van der Waals surface area contributed by atoms with E-state index in [1.54, 1.807) is 0 Å². The molecule has 0 radical (unpaired) electrons. The maximum Gasteiger partial charge on any atom is 0.325 e. The van der Waals surface area contributed by atoms with Gasteiger partial charge in [0, 0.05) is 13.1 Å². The van der Waals surface area contributed by atoms with Crippen LogP contribution in [0.3, 0.4) is 0 Å². The van der Waals surface area contributed by atoms with Crippen LogP contribution in [0, 0.1) is 11.3 Å². The summed E-state index contributed by atoms with van der Waals surface area (Å²) in [5.41, 5.74) is -0.380. The Bertz CT molecular complexity index is 339. The number of aliphatic carboxylic acids is 1. The Morgan fingerprint density at radius 3 is 2.58 bits per heavy atom. The van der Waals surface area contributed by atoms with Gasteiger partial charge in [0.15, 0.2) is 0 Å². The molecule has 0 aromatic rings. The average molecular weight is 268 g/mol. The molecule has 1 aliphatic heterocycles. The predicted octanol–water partition coefficient (Wildman–Crippen LogP) is 1.95. The van der Waals surface area contributed by atoms with Gasteiger partial charge in [-0.1, -0.05) is 20.8 Å². The lowest BCUT2D eigenvalue weighted by Gasteiger charge is -2.35.